The number of rotatable bonds is 3. The Hall–Kier alpha value is -1.17. The Balaban J connectivity index is 1.51. The van der Waals surface area contributed by atoms with Crippen molar-refractivity contribution in [3.05, 3.63) is 34.6 Å². The third kappa shape index (κ3) is 3.59. The molecule has 0 bridgehead atoms. The second-order valence-electron chi connectivity index (χ2n) is 5.93. The number of nitrogens with zero attached hydrogens (tertiary/aromatic N) is 1. The smallest absolute Gasteiger partial charge is 0.251 e. The van der Waals surface area contributed by atoms with Gasteiger partial charge in [0.2, 0.25) is 0 Å². The van der Waals surface area contributed by atoms with Crippen molar-refractivity contribution in [1.82, 2.24) is 10.2 Å². The van der Waals surface area contributed by atoms with E-state index in [9.17, 15) is 9.18 Å². The maximum absolute atomic E-state index is 13.4. The van der Waals surface area contributed by atoms with E-state index >= 15 is 0 Å². The van der Waals surface area contributed by atoms with Crippen LogP contribution >= 0.6 is 11.6 Å². The number of hydrogen-bond donors (Lipinski definition) is 1. The van der Waals surface area contributed by atoms with E-state index in [1.165, 1.54) is 12.1 Å². The summed E-state index contributed by atoms with van der Waals surface area (Å²) < 4.78 is 18.8. The molecule has 2 heterocycles. The highest BCUT2D eigenvalue weighted by atomic mass is 35.5. The maximum atomic E-state index is 13.4. The first-order chi connectivity index (χ1) is 10.6. The molecule has 6 heteroatoms. The molecule has 0 spiro atoms. The van der Waals surface area contributed by atoms with Gasteiger partial charge in [-0.25, -0.2) is 4.39 Å². The van der Waals surface area contributed by atoms with E-state index < -0.39 is 5.82 Å². The zero-order chi connectivity index (χ0) is 15.5. The summed E-state index contributed by atoms with van der Waals surface area (Å²) in [7, 11) is 0. The van der Waals surface area contributed by atoms with Gasteiger partial charge >= 0.3 is 0 Å². The number of amides is 1. The molecule has 0 aliphatic carbocycles. The average Bonchev–Trinajstić information content (AvgIpc) is 3.05. The fourth-order valence-corrected chi connectivity index (χ4v) is 3.24. The fraction of sp³-hybridized carbons (Fsp3) is 0.562. The molecule has 1 atom stereocenters. The maximum Gasteiger partial charge on any atom is 0.251 e. The van der Waals surface area contributed by atoms with E-state index in [0.717, 1.165) is 45.6 Å². The summed E-state index contributed by atoms with van der Waals surface area (Å²) in [4.78, 5) is 14.6. The summed E-state index contributed by atoms with van der Waals surface area (Å²) in [5, 5.41) is 3.02. The molecule has 2 fully saturated rings. The Bertz CT molecular complexity index is 541. The normalized spacial score (nSPS) is 23.6. The number of carbonyl (C=O) groups is 1. The number of benzene rings is 1. The van der Waals surface area contributed by atoms with Crippen LogP contribution in [0.25, 0.3) is 0 Å². The van der Waals surface area contributed by atoms with Crippen molar-refractivity contribution in [2.75, 3.05) is 26.3 Å². The largest absolute Gasteiger partial charge is 0.380 e. The number of piperidine rings is 1. The summed E-state index contributed by atoms with van der Waals surface area (Å²) in [6.07, 6.45) is 2.93. The van der Waals surface area contributed by atoms with Crippen molar-refractivity contribution < 1.29 is 13.9 Å². The fourth-order valence-electron chi connectivity index (χ4n) is 3.13. The monoisotopic (exact) mass is 326 g/mol. The lowest BCUT2D eigenvalue weighted by Crippen LogP contribution is -2.48. The molecule has 22 heavy (non-hydrogen) atoms. The van der Waals surface area contributed by atoms with Crippen molar-refractivity contribution in [1.29, 1.82) is 0 Å². The van der Waals surface area contributed by atoms with Crippen molar-refractivity contribution in [2.45, 2.75) is 31.3 Å². The first-order valence-corrected chi connectivity index (χ1v) is 8.09. The molecule has 4 nitrogen and oxygen atoms in total. The lowest BCUT2D eigenvalue weighted by atomic mass is 10.0. The Morgan fingerprint density at radius 3 is 2.73 bits per heavy atom. The van der Waals surface area contributed by atoms with E-state index in [1.807, 2.05) is 0 Å². The van der Waals surface area contributed by atoms with Crippen molar-refractivity contribution >= 4 is 17.5 Å². The van der Waals surface area contributed by atoms with Crippen LogP contribution in [0.5, 0.6) is 0 Å². The first-order valence-electron chi connectivity index (χ1n) is 7.71. The average molecular weight is 327 g/mol. The quantitative estimate of drug-likeness (QED) is 0.927. The zero-order valence-electron chi connectivity index (χ0n) is 12.4. The second-order valence-corrected chi connectivity index (χ2v) is 6.34. The zero-order valence-corrected chi connectivity index (χ0v) is 13.1. The van der Waals surface area contributed by atoms with Gasteiger partial charge in [0.15, 0.2) is 0 Å². The molecule has 0 unspecified atom stereocenters. The molecular weight excluding hydrogens is 307 g/mol. The molecule has 2 aliphatic heterocycles. The summed E-state index contributed by atoms with van der Waals surface area (Å²) in [6.45, 7) is 3.60. The number of carbonyl (C=O) groups excluding carboxylic acids is 1. The molecule has 0 aromatic heterocycles. The molecule has 3 rings (SSSR count). The van der Waals surface area contributed by atoms with E-state index in [0.29, 0.717) is 11.6 Å². The summed E-state index contributed by atoms with van der Waals surface area (Å²) in [6, 6.07) is 4.81. The van der Waals surface area contributed by atoms with Gasteiger partial charge in [0.1, 0.15) is 5.82 Å². The van der Waals surface area contributed by atoms with Gasteiger partial charge in [0.05, 0.1) is 11.6 Å². The van der Waals surface area contributed by atoms with Gasteiger partial charge in [-0.2, -0.15) is 0 Å². The predicted octanol–water partition coefficient (Wildman–Crippen LogP) is 2.46. The van der Waals surface area contributed by atoms with Gasteiger partial charge in [-0.15, -0.1) is 0 Å². The highest BCUT2D eigenvalue weighted by Gasteiger charge is 2.28. The SMILES string of the molecule is O=C(NC1CCN([C@H]2CCOC2)CC1)c1ccc(Cl)c(F)c1. The number of hydrogen-bond acceptors (Lipinski definition) is 3. The van der Waals surface area contributed by atoms with Crippen LogP contribution in [0.15, 0.2) is 18.2 Å². The van der Waals surface area contributed by atoms with Crippen LogP contribution in [0, 0.1) is 5.82 Å². The van der Waals surface area contributed by atoms with Gasteiger partial charge in [0, 0.05) is 37.3 Å². The Morgan fingerprint density at radius 1 is 1.32 bits per heavy atom. The van der Waals surface area contributed by atoms with Crippen LogP contribution in [0.1, 0.15) is 29.6 Å². The van der Waals surface area contributed by atoms with Crippen LogP contribution in [0.4, 0.5) is 4.39 Å². The predicted molar refractivity (Wildman–Crippen MR) is 82.7 cm³/mol. The minimum atomic E-state index is -0.564. The minimum absolute atomic E-state index is 0.0311. The van der Waals surface area contributed by atoms with Crippen molar-refractivity contribution in [3.8, 4) is 0 Å². The number of halogens is 2. The van der Waals surface area contributed by atoms with Crippen LogP contribution in [0.3, 0.4) is 0 Å². The topological polar surface area (TPSA) is 41.6 Å². The van der Waals surface area contributed by atoms with Crippen molar-refractivity contribution in [2.24, 2.45) is 0 Å². The third-order valence-corrected chi connectivity index (χ3v) is 4.78. The first kappa shape index (κ1) is 15.7. The molecule has 1 N–H and O–H groups in total. The Labute approximate surface area is 134 Å². The third-order valence-electron chi connectivity index (χ3n) is 4.47. The molecular formula is C16H20ClFN2O2. The van der Waals surface area contributed by atoms with Crippen LogP contribution in [-0.2, 0) is 4.74 Å². The molecule has 2 aliphatic rings. The van der Waals surface area contributed by atoms with E-state index in [4.69, 9.17) is 16.3 Å². The molecule has 1 aromatic carbocycles. The highest BCUT2D eigenvalue weighted by Crippen LogP contribution is 2.20. The van der Waals surface area contributed by atoms with Crippen molar-refractivity contribution in [3.63, 3.8) is 0 Å². The van der Waals surface area contributed by atoms with E-state index in [1.54, 1.807) is 6.07 Å². The van der Waals surface area contributed by atoms with Gasteiger partial charge in [-0.05, 0) is 37.5 Å². The van der Waals surface area contributed by atoms with Crippen LogP contribution < -0.4 is 5.32 Å². The highest BCUT2D eigenvalue weighted by molar-refractivity contribution is 6.30. The summed E-state index contributed by atoms with van der Waals surface area (Å²) in [5.41, 5.74) is 0.313. The molecule has 2 saturated heterocycles. The van der Waals surface area contributed by atoms with Gasteiger partial charge in [0.25, 0.3) is 5.91 Å². The van der Waals surface area contributed by atoms with Crippen LogP contribution in [0.2, 0.25) is 5.02 Å². The lowest BCUT2D eigenvalue weighted by molar-refractivity contribution is 0.0874. The summed E-state index contributed by atoms with van der Waals surface area (Å²) >= 11 is 5.63. The minimum Gasteiger partial charge on any atom is -0.380 e. The Morgan fingerprint density at radius 2 is 2.09 bits per heavy atom. The standard InChI is InChI=1S/C16H20ClFN2O2/c17-14-2-1-11(9-15(14)18)16(21)19-12-3-6-20(7-4-12)13-5-8-22-10-13/h1-2,9,12-13H,3-8,10H2,(H,19,21)/t13-/m0/s1. The number of likely N-dealkylation sites (tertiary alicyclic amines) is 1. The molecule has 1 aromatic rings. The Kier molecular flexibility index (Phi) is 4.96. The second kappa shape index (κ2) is 6.94. The molecule has 0 saturated carbocycles. The van der Waals surface area contributed by atoms with Gasteiger partial charge < -0.3 is 10.1 Å². The summed E-state index contributed by atoms with van der Waals surface area (Å²) in [5.74, 6) is -0.802. The molecule has 120 valence electrons. The van der Waals surface area contributed by atoms with Gasteiger partial charge in [-0.3, -0.25) is 9.69 Å². The number of nitrogens with one attached hydrogen (secondary N) is 1. The van der Waals surface area contributed by atoms with Gasteiger partial charge in [-0.1, -0.05) is 11.6 Å². The van der Waals surface area contributed by atoms with E-state index in [-0.39, 0.29) is 17.0 Å². The molecule has 0 radical (unpaired) electrons. The van der Waals surface area contributed by atoms with Crippen LogP contribution in [-0.4, -0.2) is 49.2 Å². The lowest BCUT2D eigenvalue weighted by Gasteiger charge is -2.35. The molecule has 1 amide bonds. The van der Waals surface area contributed by atoms with E-state index in [2.05, 4.69) is 10.2 Å². The number of ether oxygens (including phenoxy) is 1.